The zero-order valence-corrected chi connectivity index (χ0v) is 15.1. The lowest BCUT2D eigenvalue weighted by molar-refractivity contribution is 0.0772. The van der Waals surface area contributed by atoms with Crippen LogP contribution in [0.15, 0.2) is 12.1 Å². The van der Waals surface area contributed by atoms with Crippen LogP contribution in [0, 0.1) is 0 Å². The van der Waals surface area contributed by atoms with Crippen molar-refractivity contribution in [2.45, 2.75) is 52.5 Å². The van der Waals surface area contributed by atoms with E-state index in [0.29, 0.717) is 18.2 Å². The van der Waals surface area contributed by atoms with Crippen molar-refractivity contribution in [1.82, 2.24) is 24.9 Å². The Kier molecular flexibility index (Phi) is 4.63. The summed E-state index contributed by atoms with van der Waals surface area (Å²) in [4.78, 5) is 14.3. The van der Waals surface area contributed by atoms with Crippen molar-refractivity contribution in [1.29, 1.82) is 0 Å². The molecule has 126 valence electrons. The third-order valence-corrected chi connectivity index (χ3v) is 3.86. The van der Waals surface area contributed by atoms with Crippen LogP contribution in [0.3, 0.4) is 0 Å². The van der Waals surface area contributed by atoms with Crippen LogP contribution >= 0.6 is 0 Å². The highest BCUT2D eigenvalue weighted by Crippen LogP contribution is 2.21. The molecule has 23 heavy (non-hydrogen) atoms. The summed E-state index contributed by atoms with van der Waals surface area (Å²) >= 11 is 0. The largest absolute Gasteiger partial charge is 0.335 e. The molecule has 1 amide bonds. The van der Waals surface area contributed by atoms with Crippen LogP contribution in [-0.2, 0) is 19.0 Å². The Labute approximate surface area is 137 Å². The van der Waals surface area contributed by atoms with E-state index in [4.69, 9.17) is 0 Å². The monoisotopic (exact) mass is 317 g/mol. The summed E-state index contributed by atoms with van der Waals surface area (Å²) < 4.78 is 1.65. The van der Waals surface area contributed by atoms with Gasteiger partial charge in [-0.05, 0) is 18.1 Å². The van der Waals surface area contributed by atoms with E-state index >= 15 is 0 Å². The fourth-order valence-corrected chi connectivity index (χ4v) is 2.32. The zero-order chi connectivity index (χ0) is 17.4. The fraction of sp³-hybridized carbons (Fsp3) is 0.588. The van der Waals surface area contributed by atoms with Gasteiger partial charge in [0.2, 0.25) is 0 Å². The lowest BCUT2D eigenvalue weighted by Gasteiger charge is -2.16. The number of hydrogen-bond acceptors (Lipinski definition) is 3. The molecule has 0 unspecified atom stereocenters. The van der Waals surface area contributed by atoms with Gasteiger partial charge in [0, 0.05) is 19.5 Å². The molecular formula is C17H27N5O. The van der Waals surface area contributed by atoms with Gasteiger partial charge >= 0.3 is 0 Å². The van der Waals surface area contributed by atoms with Gasteiger partial charge in [0.25, 0.3) is 5.91 Å². The number of aromatic amines is 1. The van der Waals surface area contributed by atoms with Crippen LogP contribution in [0.25, 0.3) is 0 Å². The molecule has 0 aliphatic rings. The average molecular weight is 317 g/mol. The van der Waals surface area contributed by atoms with Gasteiger partial charge in [0.05, 0.1) is 23.6 Å². The maximum Gasteiger partial charge on any atom is 0.272 e. The van der Waals surface area contributed by atoms with E-state index in [-0.39, 0.29) is 11.3 Å². The molecule has 0 aromatic carbocycles. The van der Waals surface area contributed by atoms with Gasteiger partial charge in [-0.2, -0.15) is 10.2 Å². The Hall–Kier alpha value is -2.11. The molecule has 0 fully saturated rings. The van der Waals surface area contributed by atoms with Crippen LogP contribution in [0.2, 0.25) is 0 Å². The minimum absolute atomic E-state index is 0.00840. The Morgan fingerprint density at radius 1 is 1.35 bits per heavy atom. The summed E-state index contributed by atoms with van der Waals surface area (Å²) in [7, 11) is 3.60. The smallest absolute Gasteiger partial charge is 0.272 e. The molecule has 0 bridgehead atoms. The quantitative estimate of drug-likeness (QED) is 0.943. The lowest BCUT2D eigenvalue weighted by Crippen LogP contribution is -2.28. The van der Waals surface area contributed by atoms with Crippen molar-refractivity contribution in [3.05, 3.63) is 34.9 Å². The van der Waals surface area contributed by atoms with E-state index < -0.39 is 0 Å². The predicted octanol–water partition coefficient (Wildman–Crippen LogP) is 2.84. The Bertz CT molecular complexity index is 690. The fourth-order valence-electron chi connectivity index (χ4n) is 2.32. The molecule has 2 aromatic heterocycles. The van der Waals surface area contributed by atoms with Crippen molar-refractivity contribution < 1.29 is 4.79 Å². The van der Waals surface area contributed by atoms with E-state index in [1.54, 1.807) is 23.7 Å². The maximum absolute atomic E-state index is 12.6. The van der Waals surface area contributed by atoms with Crippen molar-refractivity contribution in [2.24, 2.45) is 7.05 Å². The van der Waals surface area contributed by atoms with Crippen LogP contribution < -0.4 is 0 Å². The van der Waals surface area contributed by atoms with Gasteiger partial charge in [-0.3, -0.25) is 14.6 Å². The average Bonchev–Trinajstić information content (AvgIpc) is 3.04. The topological polar surface area (TPSA) is 66.8 Å². The van der Waals surface area contributed by atoms with Gasteiger partial charge < -0.3 is 4.90 Å². The van der Waals surface area contributed by atoms with E-state index in [1.807, 2.05) is 12.1 Å². The molecule has 1 N–H and O–H groups in total. The van der Waals surface area contributed by atoms with Crippen molar-refractivity contribution >= 4 is 5.91 Å². The number of hydrogen-bond donors (Lipinski definition) is 1. The summed E-state index contributed by atoms with van der Waals surface area (Å²) in [5, 5.41) is 11.8. The number of nitrogens with one attached hydrogen (secondary N) is 1. The predicted molar refractivity (Wildman–Crippen MR) is 90.4 cm³/mol. The number of aromatic nitrogens is 4. The molecule has 6 nitrogen and oxygen atoms in total. The molecule has 0 aliphatic carbocycles. The maximum atomic E-state index is 12.6. The van der Waals surface area contributed by atoms with E-state index in [9.17, 15) is 4.79 Å². The summed E-state index contributed by atoms with van der Waals surface area (Å²) in [5.74, 6) is 0.258. The van der Waals surface area contributed by atoms with Crippen LogP contribution in [0.5, 0.6) is 0 Å². The van der Waals surface area contributed by atoms with E-state index in [0.717, 1.165) is 17.1 Å². The number of rotatable bonds is 4. The zero-order valence-electron chi connectivity index (χ0n) is 15.1. The Morgan fingerprint density at radius 3 is 2.48 bits per heavy atom. The number of carbonyl (C=O) groups excluding carboxylic acids is 1. The highest BCUT2D eigenvalue weighted by Gasteiger charge is 2.21. The van der Waals surface area contributed by atoms with Crippen LogP contribution in [-0.4, -0.2) is 37.8 Å². The molecule has 0 spiro atoms. The third kappa shape index (κ3) is 3.81. The number of aryl methyl sites for hydroxylation is 1. The Balaban J connectivity index is 2.13. The molecule has 0 saturated heterocycles. The second-order valence-corrected chi connectivity index (χ2v) is 7.42. The number of amides is 1. The molecule has 6 heteroatoms. The molecular weight excluding hydrogens is 290 g/mol. The molecule has 2 aromatic rings. The van der Waals surface area contributed by atoms with Gasteiger partial charge in [0.1, 0.15) is 5.69 Å². The minimum Gasteiger partial charge on any atom is -0.335 e. The first-order chi connectivity index (χ1) is 10.6. The standard InChI is InChI=1S/C17H27N5O/c1-11(2)13-9-14(22(7)20-13)16(23)21(6)10-12-8-15(19-18-12)17(3,4)5/h8-9,11H,10H2,1-7H3,(H,18,19). The molecule has 0 saturated carbocycles. The summed E-state index contributed by atoms with van der Waals surface area (Å²) in [5.41, 5.74) is 3.45. The van der Waals surface area contributed by atoms with E-state index in [1.165, 1.54) is 0 Å². The third-order valence-electron chi connectivity index (χ3n) is 3.86. The second kappa shape index (κ2) is 6.18. The van der Waals surface area contributed by atoms with Crippen molar-refractivity contribution in [3.8, 4) is 0 Å². The normalized spacial score (nSPS) is 12.0. The van der Waals surface area contributed by atoms with Crippen molar-refractivity contribution in [2.75, 3.05) is 7.05 Å². The molecule has 0 radical (unpaired) electrons. The van der Waals surface area contributed by atoms with Crippen molar-refractivity contribution in [3.63, 3.8) is 0 Å². The molecule has 2 heterocycles. The minimum atomic E-state index is -0.0428. The first-order valence-corrected chi connectivity index (χ1v) is 7.93. The number of carbonyl (C=O) groups is 1. The molecule has 0 atom stereocenters. The van der Waals surface area contributed by atoms with Gasteiger partial charge in [-0.25, -0.2) is 0 Å². The summed E-state index contributed by atoms with van der Waals surface area (Å²) in [6.45, 7) is 11.0. The SMILES string of the molecule is CC(C)c1cc(C(=O)N(C)Cc2cc(C(C)(C)C)n[nH]2)n(C)n1. The lowest BCUT2D eigenvalue weighted by atomic mass is 9.92. The van der Waals surface area contributed by atoms with Crippen LogP contribution in [0.1, 0.15) is 68.1 Å². The second-order valence-electron chi connectivity index (χ2n) is 7.42. The first-order valence-electron chi connectivity index (χ1n) is 7.93. The Morgan fingerprint density at radius 2 is 2.00 bits per heavy atom. The first kappa shape index (κ1) is 17.2. The highest BCUT2D eigenvalue weighted by atomic mass is 16.2. The number of H-pyrrole nitrogens is 1. The van der Waals surface area contributed by atoms with E-state index in [2.05, 4.69) is 49.9 Å². The number of nitrogens with zero attached hydrogens (tertiary/aromatic N) is 4. The molecule has 2 rings (SSSR count). The van der Waals surface area contributed by atoms with Gasteiger partial charge in [-0.1, -0.05) is 34.6 Å². The summed E-state index contributed by atoms with van der Waals surface area (Å²) in [6, 6.07) is 3.89. The highest BCUT2D eigenvalue weighted by molar-refractivity contribution is 5.92. The van der Waals surface area contributed by atoms with Gasteiger partial charge in [0.15, 0.2) is 0 Å². The summed E-state index contributed by atoms with van der Waals surface area (Å²) in [6.07, 6.45) is 0. The van der Waals surface area contributed by atoms with Gasteiger partial charge in [-0.15, -0.1) is 0 Å². The molecule has 0 aliphatic heterocycles. The van der Waals surface area contributed by atoms with Crippen LogP contribution in [0.4, 0.5) is 0 Å².